The van der Waals surface area contributed by atoms with Gasteiger partial charge in [-0.25, -0.2) is 4.98 Å². The van der Waals surface area contributed by atoms with Crippen LogP contribution in [0.5, 0.6) is 0 Å². The third kappa shape index (κ3) is 8.78. The van der Waals surface area contributed by atoms with Gasteiger partial charge in [-0.15, -0.1) is 6.42 Å². The number of nitrogens with zero attached hydrogens (tertiary/aromatic N) is 2. The molecule has 0 unspecified atom stereocenters. The van der Waals surface area contributed by atoms with Crippen LogP contribution in [0.4, 0.5) is 5.82 Å². The van der Waals surface area contributed by atoms with Crippen LogP contribution in [0, 0.1) is 23.7 Å². The van der Waals surface area contributed by atoms with Gasteiger partial charge in [0.2, 0.25) is 0 Å². The maximum absolute atomic E-state index is 6.62. The summed E-state index contributed by atoms with van der Waals surface area (Å²) in [6.07, 6.45) is 15.2. The maximum atomic E-state index is 6.62. The van der Waals surface area contributed by atoms with E-state index in [-0.39, 0.29) is 10.5 Å². The second-order valence-corrected chi connectivity index (χ2v) is 18.7. The molecule has 2 fully saturated rings. The predicted octanol–water partition coefficient (Wildman–Crippen LogP) is 7.35. The Morgan fingerprint density at radius 3 is 2.59 bits per heavy atom. The Kier molecular flexibility index (Phi) is 10.9. The zero-order valence-corrected chi connectivity index (χ0v) is 27.4. The van der Waals surface area contributed by atoms with Crippen LogP contribution in [-0.2, 0) is 15.6 Å². The first kappa shape index (κ1) is 32.0. The van der Waals surface area contributed by atoms with Crippen LogP contribution in [0.25, 0.3) is 11.3 Å². The highest BCUT2D eigenvalue weighted by atomic mass is 35.5. The summed E-state index contributed by atoms with van der Waals surface area (Å²) < 4.78 is 11.8. The van der Waals surface area contributed by atoms with Gasteiger partial charge in [-0.2, -0.15) is 0 Å². The summed E-state index contributed by atoms with van der Waals surface area (Å²) in [4.78, 5) is 9.56. The molecule has 0 amide bonds. The summed E-state index contributed by atoms with van der Waals surface area (Å²) in [7, 11) is -1.67. The van der Waals surface area contributed by atoms with Gasteiger partial charge < -0.3 is 19.8 Å². The average Bonchev–Trinajstić information content (AvgIpc) is 2.96. The number of hydrogen-bond acceptors (Lipinski definition) is 6. The van der Waals surface area contributed by atoms with E-state index in [0.29, 0.717) is 36.7 Å². The quantitative estimate of drug-likeness (QED) is 0.161. The molecule has 8 heteroatoms. The molecule has 1 aliphatic heterocycles. The highest BCUT2D eigenvalue weighted by Crippen LogP contribution is 2.36. The van der Waals surface area contributed by atoms with E-state index in [1.54, 1.807) is 6.20 Å². The molecule has 2 aliphatic rings. The summed E-state index contributed by atoms with van der Waals surface area (Å²) in [6, 6.07) is 8.71. The molecule has 41 heavy (non-hydrogen) atoms. The summed E-state index contributed by atoms with van der Waals surface area (Å²) >= 11 is 6.62. The molecule has 6 nitrogen and oxygen atoms in total. The van der Waals surface area contributed by atoms with Crippen molar-refractivity contribution in [1.29, 1.82) is 0 Å². The van der Waals surface area contributed by atoms with E-state index in [2.05, 4.69) is 61.5 Å². The first-order valence-corrected chi connectivity index (χ1v) is 18.6. The van der Waals surface area contributed by atoms with Crippen molar-refractivity contribution in [2.45, 2.75) is 89.9 Å². The van der Waals surface area contributed by atoms with Gasteiger partial charge in [-0.1, -0.05) is 44.4 Å². The number of anilines is 1. The minimum atomic E-state index is -1.67. The summed E-state index contributed by atoms with van der Waals surface area (Å²) in [6.45, 7) is 15.4. The van der Waals surface area contributed by atoms with Gasteiger partial charge in [0.05, 0.1) is 16.1 Å². The Hall–Kier alpha value is -1.95. The summed E-state index contributed by atoms with van der Waals surface area (Å²) in [5.41, 5.74) is 2.66. The van der Waals surface area contributed by atoms with Crippen LogP contribution in [-0.4, -0.2) is 57.2 Å². The summed E-state index contributed by atoms with van der Waals surface area (Å²) in [5, 5.41) is 8.09. The van der Waals surface area contributed by atoms with Crippen molar-refractivity contribution in [3.63, 3.8) is 0 Å². The van der Waals surface area contributed by atoms with Crippen LogP contribution in [0.1, 0.15) is 65.0 Å². The molecule has 2 N–H and O–H groups in total. The number of nitrogens with one attached hydrogen (secondary N) is 2. The molecule has 0 bridgehead atoms. The minimum Gasteiger partial charge on any atom is -0.416 e. The van der Waals surface area contributed by atoms with Crippen LogP contribution in [0.15, 0.2) is 30.5 Å². The van der Waals surface area contributed by atoms with Crippen molar-refractivity contribution in [3.8, 4) is 23.6 Å². The van der Waals surface area contributed by atoms with Crippen LogP contribution in [0.2, 0.25) is 23.2 Å². The van der Waals surface area contributed by atoms with Crippen LogP contribution >= 0.6 is 11.6 Å². The van der Waals surface area contributed by atoms with E-state index in [0.717, 1.165) is 55.2 Å². The Balaban J connectivity index is 1.28. The molecule has 0 aromatic carbocycles. The fourth-order valence-electron chi connectivity index (χ4n) is 5.52. The topological polar surface area (TPSA) is 68.3 Å². The third-order valence-electron chi connectivity index (χ3n) is 9.45. The largest absolute Gasteiger partial charge is 0.416 e. The highest BCUT2D eigenvalue weighted by Gasteiger charge is 2.37. The zero-order valence-electron chi connectivity index (χ0n) is 25.7. The molecule has 224 valence electrons. The summed E-state index contributed by atoms with van der Waals surface area (Å²) in [5.74, 6) is 4.45. The Labute approximate surface area is 253 Å². The first-order valence-electron chi connectivity index (χ1n) is 15.3. The number of ether oxygens (including phenoxy) is 1. The fourth-order valence-corrected chi connectivity index (χ4v) is 6.76. The predicted molar refractivity (Wildman–Crippen MR) is 173 cm³/mol. The van der Waals surface area contributed by atoms with Crippen LogP contribution < -0.4 is 10.6 Å². The maximum Gasteiger partial charge on any atom is 0.192 e. The SMILES string of the molecule is C#CC1(CNc2cccc(-c3cc(CC4CCC(NCCO[Si](C)(C)C(C)(C)C)CC4)ncc3Cl)n2)CCOCC1. The Morgan fingerprint density at radius 1 is 1.17 bits per heavy atom. The molecule has 2 aromatic rings. The monoisotopic (exact) mass is 596 g/mol. The molecule has 0 atom stereocenters. The van der Waals surface area contributed by atoms with Crippen molar-refractivity contribution in [1.82, 2.24) is 15.3 Å². The molecule has 0 spiro atoms. The van der Waals surface area contributed by atoms with Crippen molar-refractivity contribution >= 4 is 25.7 Å². The van der Waals surface area contributed by atoms with Gasteiger partial charge >= 0.3 is 0 Å². The van der Waals surface area contributed by atoms with Gasteiger partial charge in [0.15, 0.2) is 8.32 Å². The van der Waals surface area contributed by atoms with E-state index >= 15 is 0 Å². The Morgan fingerprint density at radius 2 is 1.90 bits per heavy atom. The number of halogens is 1. The van der Waals surface area contributed by atoms with Crippen molar-refractivity contribution < 1.29 is 9.16 Å². The first-order chi connectivity index (χ1) is 19.5. The molecule has 0 radical (unpaired) electrons. The second kappa shape index (κ2) is 14.0. The van der Waals surface area contributed by atoms with Crippen LogP contribution in [0.3, 0.4) is 0 Å². The van der Waals surface area contributed by atoms with Gasteiger partial charge in [0.25, 0.3) is 0 Å². The zero-order chi connectivity index (χ0) is 29.5. The second-order valence-electron chi connectivity index (χ2n) is 13.4. The lowest BCUT2D eigenvalue weighted by Crippen LogP contribution is -2.43. The van der Waals surface area contributed by atoms with Gasteiger partial charge in [-0.05, 0) is 87.2 Å². The molecule has 1 saturated carbocycles. The molecule has 1 aliphatic carbocycles. The smallest absolute Gasteiger partial charge is 0.192 e. The standard InChI is InChI=1S/C33H49ClN4O2Si/c1-7-33(15-18-39-19-16-33)24-37-31-10-8-9-30(38-31)28-22-27(36-23-29(28)34)21-25-11-13-26(14-12-25)35-17-20-40-41(5,6)32(2,3)4/h1,8-10,22-23,25-26,35H,11-21,24H2,2-6H3,(H,37,38). The van der Waals surface area contributed by atoms with E-state index in [4.69, 9.17) is 32.2 Å². The molecule has 3 heterocycles. The molecule has 1 saturated heterocycles. The Bertz CT molecular complexity index is 1180. The lowest BCUT2D eigenvalue weighted by molar-refractivity contribution is 0.0464. The van der Waals surface area contributed by atoms with Crippen molar-refractivity contribution in [2.24, 2.45) is 11.3 Å². The van der Waals surface area contributed by atoms with Crippen molar-refractivity contribution in [2.75, 3.05) is 38.2 Å². The van der Waals surface area contributed by atoms with E-state index in [1.807, 2.05) is 18.2 Å². The molecule has 2 aromatic heterocycles. The van der Waals surface area contributed by atoms with Gasteiger partial charge in [0.1, 0.15) is 5.82 Å². The lowest BCUT2D eigenvalue weighted by Gasteiger charge is -2.36. The van der Waals surface area contributed by atoms with E-state index < -0.39 is 8.32 Å². The van der Waals surface area contributed by atoms with Gasteiger partial charge in [0, 0.05) is 56.4 Å². The van der Waals surface area contributed by atoms with Gasteiger partial charge in [-0.3, -0.25) is 4.98 Å². The number of hydrogen-bond donors (Lipinski definition) is 2. The lowest BCUT2D eigenvalue weighted by atomic mass is 9.81. The van der Waals surface area contributed by atoms with E-state index in [9.17, 15) is 0 Å². The normalized spacial score (nSPS) is 21.3. The van der Waals surface area contributed by atoms with E-state index in [1.165, 1.54) is 25.7 Å². The average molecular weight is 597 g/mol. The fraction of sp³-hybridized carbons (Fsp3) is 0.636. The number of pyridine rings is 2. The third-order valence-corrected chi connectivity index (χ3v) is 14.3. The number of aromatic nitrogens is 2. The molecule has 4 rings (SSSR count). The number of terminal acetylenes is 1. The minimum absolute atomic E-state index is 0.190. The number of rotatable bonds is 11. The molecular formula is C33H49ClN4O2Si. The molecular weight excluding hydrogens is 548 g/mol. The highest BCUT2D eigenvalue weighted by molar-refractivity contribution is 6.74. The van der Waals surface area contributed by atoms with Crippen molar-refractivity contribution in [3.05, 3.63) is 41.2 Å².